The van der Waals surface area contributed by atoms with Gasteiger partial charge in [-0.1, -0.05) is 6.07 Å². The Hall–Kier alpha value is -1.14. The fraction of sp³-hybridized carbons (Fsp3) is 0.583. The van der Waals surface area contributed by atoms with Gasteiger partial charge < -0.3 is 10.5 Å². The highest BCUT2D eigenvalue weighted by molar-refractivity contribution is 5.13. The van der Waals surface area contributed by atoms with E-state index in [0.29, 0.717) is 0 Å². The molecule has 0 aromatic carbocycles. The first-order valence-corrected chi connectivity index (χ1v) is 5.74. The Morgan fingerprint density at radius 3 is 2.67 bits per heavy atom. The smallest absolute Gasteiger partial charge is 0.372 e. The lowest BCUT2D eigenvalue weighted by Crippen LogP contribution is -2.27. The maximum absolute atomic E-state index is 12.0. The van der Waals surface area contributed by atoms with Crippen LogP contribution in [-0.4, -0.2) is 23.8 Å². The van der Waals surface area contributed by atoms with Crippen LogP contribution in [0.25, 0.3) is 0 Å². The molecule has 0 bridgehead atoms. The van der Waals surface area contributed by atoms with E-state index < -0.39 is 18.7 Å². The van der Waals surface area contributed by atoms with Crippen LogP contribution in [0.4, 0.5) is 13.2 Å². The molecule has 0 aliphatic heterocycles. The van der Waals surface area contributed by atoms with Crippen LogP contribution < -0.4 is 5.73 Å². The van der Waals surface area contributed by atoms with Crippen molar-refractivity contribution in [2.24, 2.45) is 5.73 Å². The number of pyridine rings is 1. The SMILES string of the molecule is CC(N)C(OCCCC(F)(F)F)c1cccnc1. The van der Waals surface area contributed by atoms with E-state index in [2.05, 4.69) is 4.98 Å². The number of hydrogen-bond donors (Lipinski definition) is 1. The molecule has 2 atom stereocenters. The van der Waals surface area contributed by atoms with E-state index in [1.807, 2.05) is 0 Å². The molecule has 18 heavy (non-hydrogen) atoms. The molecule has 0 saturated carbocycles. The van der Waals surface area contributed by atoms with Gasteiger partial charge in [-0.2, -0.15) is 13.2 Å². The van der Waals surface area contributed by atoms with Gasteiger partial charge in [-0.3, -0.25) is 4.98 Å². The van der Waals surface area contributed by atoms with Gasteiger partial charge >= 0.3 is 6.18 Å². The average molecular weight is 262 g/mol. The summed E-state index contributed by atoms with van der Waals surface area (Å²) in [7, 11) is 0. The molecule has 0 spiro atoms. The number of rotatable bonds is 6. The minimum absolute atomic E-state index is 0.0284. The second-order valence-electron chi connectivity index (χ2n) is 4.16. The summed E-state index contributed by atoms with van der Waals surface area (Å²) in [6.07, 6.45) is -2.24. The zero-order valence-corrected chi connectivity index (χ0v) is 10.2. The third kappa shape index (κ3) is 5.46. The average Bonchev–Trinajstić information content (AvgIpc) is 2.28. The van der Waals surface area contributed by atoms with E-state index in [0.717, 1.165) is 5.56 Å². The number of halogens is 3. The molecule has 1 aromatic heterocycles. The molecule has 0 fully saturated rings. The summed E-state index contributed by atoms with van der Waals surface area (Å²) < 4.78 is 41.3. The molecule has 2 N–H and O–H groups in total. The Kier molecular flexibility index (Phi) is 5.55. The van der Waals surface area contributed by atoms with Gasteiger partial charge in [0.1, 0.15) is 0 Å². The van der Waals surface area contributed by atoms with Crippen LogP contribution in [-0.2, 0) is 4.74 Å². The van der Waals surface area contributed by atoms with Gasteiger partial charge in [-0.15, -0.1) is 0 Å². The minimum Gasteiger partial charge on any atom is -0.372 e. The fourth-order valence-corrected chi connectivity index (χ4v) is 1.58. The van der Waals surface area contributed by atoms with Crippen molar-refractivity contribution in [1.82, 2.24) is 4.98 Å². The maximum Gasteiger partial charge on any atom is 0.389 e. The summed E-state index contributed by atoms with van der Waals surface area (Å²) in [4.78, 5) is 3.94. The summed E-state index contributed by atoms with van der Waals surface area (Å²) in [5.74, 6) is 0. The van der Waals surface area contributed by atoms with Crippen molar-refractivity contribution < 1.29 is 17.9 Å². The lowest BCUT2D eigenvalue weighted by atomic mass is 10.1. The van der Waals surface area contributed by atoms with Gasteiger partial charge in [0.2, 0.25) is 0 Å². The Morgan fingerprint density at radius 2 is 2.17 bits per heavy atom. The predicted molar refractivity (Wildman–Crippen MR) is 61.9 cm³/mol. The first kappa shape index (κ1) is 14.9. The summed E-state index contributed by atoms with van der Waals surface area (Å²) in [5.41, 5.74) is 6.54. The van der Waals surface area contributed by atoms with Crippen molar-refractivity contribution in [1.29, 1.82) is 0 Å². The Bertz CT molecular complexity index is 341. The molecule has 0 aliphatic carbocycles. The molecule has 0 amide bonds. The van der Waals surface area contributed by atoms with Gasteiger partial charge in [0, 0.05) is 37.0 Å². The van der Waals surface area contributed by atoms with E-state index in [1.54, 1.807) is 31.5 Å². The lowest BCUT2D eigenvalue weighted by Gasteiger charge is -2.21. The molecule has 1 heterocycles. The van der Waals surface area contributed by atoms with Crippen molar-refractivity contribution >= 4 is 0 Å². The quantitative estimate of drug-likeness (QED) is 0.802. The number of alkyl halides is 3. The second kappa shape index (κ2) is 6.70. The molecule has 6 heteroatoms. The second-order valence-corrected chi connectivity index (χ2v) is 4.16. The largest absolute Gasteiger partial charge is 0.389 e. The summed E-state index contributed by atoms with van der Waals surface area (Å²) in [6.45, 7) is 1.78. The lowest BCUT2D eigenvalue weighted by molar-refractivity contribution is -0.139. The zero-order valence-electron chi connectivity index (χ0n) is 10.2. The van der Waals surface area contributed by atoms with E-state index >= 15 is 0 Å². The maximum atomic E-state index is 12.0. The third-order valence-electron chi connectivity index (χ3n) is 2.39. The molecular weight excluding hydrogens is 245 g/mol. The van der Waals surface area contributed by atoms with E-state index in [-0.39, 0.29) is 19.1 Å². The summed E-state index contributed by atoms with van der Waals surface area (Å²) in [6, 6.07) is 3.23. The van der Waals surface area contributed by atoms with Crippen molar-refractivity contribution in [3.8, 4) is 0 Å². The van der Waals surface area contributed by atoms with Crippen LogP contribution in [0, 0.1) is 0 Å². The molecule has 0 aliphatic rings. The predicted octanol–water partition coefficient (Wildman–Crippen LogP) is 2.83. The minimum atomic E-state index is -4.14. The topological polar surface area (TPSA) is 48.1 Å². The number of hydrogen-bond acceptors (Lipinski definition) is 3. The van der Waals surface area contributed by atoms with E-state index in [1.165, 1.54) is 0 Å². The standard InChI is InChI=1S/C12H17F3N2O/c1-9(16)11(10-4-2-6-17-8-10)18-7-3-5-12(13,14)15/h2,4,6,8-9,11H,3,5,7,16H2,1H3. The first-order chi connectivity index (χ1) is 8.40. The monoisotopic (exact) mass is 262 g/mol. The number of nitrogens with zero attached hydrogens (tertiary/aromatic N) is 1. The summed E-state index contributed by atoms with van der Waals surface area (Å²) >= 11 is 0. The van der Waals surface area contributed by atoms with Crippen molar-refractivity contribution in [3.63, 3.8) is 0 Å². The highest BCUT2D eigenvalue weighted by Crippen LogP contribution is 2.23. The van der Waals surface area contributed by atoms with Gasteiger partial charge in [-0.05, 0) is 19.4 Å². The molecule has 102 valence electrons. The van der Waals surface area contributed by atoms with Gasteiger partial charge in [-0.25, -0.2) is 0 Å². The molecule has 0 saturated heterocycles. The third-order valence-corrected chi connectivity index (χ3v) is 2.39. The van der Waals surface area contributed by atoms with Crippen molar-refractivity contribution in [2.75, 3.05) is 6.61 Å². The van der Waals surface area contributed by atoms with Crippen molar-refractivity contribution in [2.45, 2.75) is 38.1 Å². The van der Waals surface area contributed by atoms with Crippen molar-refractivity contribution in [3.05, 3.63) is 30.1 Å². The first-order valence-electron chi connectivity index (χ1n) is 5.74. The van der Waals surface area contributed by atoms with Crippen LogP contribution in [0.1, 0.15) is 31.4 Å². The van der Waals surface area contributed by atoms with Crippen LogP contribution in [0.2, 0.25) is 0 Å². The normalized spacial score (nSPS) is 15.4. The number of nitrogens with two attached hydrogens (primary N) is 1. The number of ether oxygens (including phenoxy) is 1. The molecule has 2 unspecified atom stereocenters. The molecule has 1 aromatic rings. The van der Waals surface area contributed by atoms with Crippen LogP contribution in [0.3, 0.4) is 0 Å². The molecule has 3 nitrogen and oxygen atoms in total. The zero-order chi connectivity index (χ0) is 13.6. The molecule has 0 radical (unpaired) electrons. The highest BCUT2D eigenvalue weighted by atomic mass is 19.4. The Morgan fingerprint density at radius 1 is 1.44 bits per heavy atom. The highest BCUT2D eigenvalue weighted by Gasteiger charge is 2.26. The van der Waals surface area contributed by atoms with Crippen LogP contribution in [0.5, 0.6) is 0 Å². The van der Waals surface area contributed by atoms with Gasteiger partial charge in [0.05, 0.1) is 6.10 Å². The Labute approximate surface area is 104 Å². The van der Waals surface area contributed by atoms with E-state index in [4.69, 9.17) is 10.5 Å². The summed E-state index contributed by atoms with van der Waals surface area (Å²) in [5, 5.41) is 0. The van der Waals surface area contributed by atoms with Gasteiger partial charge in [0.15, 0.2) is 0 Å². The Balaban J connectivity index is 2.45. The fourth-order valence-electron chi connectivity index (χ4n) is 1.58. The van der Waals surface area contributed by atoms with Crippen LogP contribution in [0.15, 0.2) is 24.5 Å². The van der Waals surface area contributed by atoms with Gasteiger partial charge in [0.25, 0.3) is 0 Å². The number of aromatic nitrogens is 1. The van der Waals surface area contributed by atoms with E-state index in [9.17, 15) is 13.2 Å². The molecular formula is C12H17F3N2O. The van der Waals surface area contributed by atoms with Crippen LogP contribution >= 0.6 is 0 Å². The molecule has 1 rings (SSSR count).